The number of aromatic carboxylic acids is 1. The minimum absolute atomic E-state index is 0.00745. The Labute approximate surface area is 225 Å². The Balaban J connectivity index is 0.000000559. The van der Waals surface area contributed by atoms with E-state index < -0.39 is 34.2 Å². The number of hydrogen-bond donors (Lipinski definition) is 4. The third-order valence-electron chi connectivity index (χ3n) is 5.69. The molecule has 12 nitrogen and oxygen atoms in total. The molecule has 1 aromatic carbocycles. The number of rotatable bonds is 7. The first-order valence-corrected chi connectivity index (χ1v) is 13.1. The van der Waals surface area contributed by atoms with E-state index >= 15 is 0 Å². The van der Waals surface area contributed by atoms with Crippen LogP contribution in [0, 0.1) is 6.92 Å². The third-order valence-corrected chi connectivity index (χ3v) is 7.04. The van der Waals surface area contributed by atoms with Crippen molar-refractivity contribution < 1.29 is 46.2 Å². The van der Waals surface area contributed by atoms with E-state index in [4.69, 9.17) is 9.90 Å². The summed E-state index contributed by atoms with van der Waals surface area (Å²) in [5.74, 6) is -3.82. The highest BCUT2D eigenvalue weighted by Crippen LogP contribution is 2.34. The molecule has 1 aliphatic carbocycles. The van der Waals surface area contributed by atoms with Gasteiger partial charge in [-0.2, -0.15) is 18.3 Å². The molecule has 4 rings (SSSR count). The van der Waals surface area contributed by atoms with Crippen LogP contribution in [0.5, 0.6) is 0 Å². The van der Waals surface area contributed by atoms with Gasteiger partial charge < -0.3 is 15.5 Å². The van der Waals surface area contributed by atoms with Gasteiger partial charge in [-0.05, 0) is 49.9 Å². The summed E-state index contributed by atoms with van der Waals surface area (Å²) in [7, 11) is -3.98. The molecule has 2 amide bonds. The van der Waals surface area contributed by atoms with Gasteiger partial charge in [-0.15, -0.1) is 0 Å². The van der Waals surface area contributed by atoms with E-state index in [0.29, 0.717) is 30.5 Å². The van der Waals surface area contributed by atoms with Crippen LogP contribution in [0.15, 0.2) is 47.6 Å². The van der Waals surface area contributed by atoms with Gasteiger partial charge in [0, 0.05) is 36.6 Å². The maximum atomic E-state index is 12.3. The second-order valence-electron chi connectivity index (χ2n) is 8.57. The van der Waals surface area contributed by atoms with Crippen molar-refractivity contribution in [1.82, 2.24) is 24.8 Å². The SMILES string of the molecule is Cc1ccc(S(=O)(=O)NC(=O)NCCCn2nc3c(c2C(=O)O)CCc2cnccc2-3)cc1.O=C(O)C(F)(F)F. The number of carboxylic acid groups (broad SMARTS) is 2. The lowest BCUT2D eigenvalue weighted by Gasteiger charge is -2.14. The molecule has 16 heteroatoms. The maximum Gasteiger partial charge on any atom is 0.490 e. The van der Waals surface area contributed by atoms with E-state index in [0.717, 1.165) is 16.7 Å². The lowest BCUT2D eigenvalue weighted by atomic mass is 9.90. The molecule has 0 radical (unpaired) electrons. The average molecular weight is 584 g/mol. The van der Waals surface area contributed by atoms with Crippen molar-refractivity contribution in [2.24, 2.45) is 0 Å². The van der Waals surface area contributed by atoms with Crippen molar-refractivity contribution in [2.75, 3.05) is 6.54 Å². The van der Waals surface area contributed by atoms with Gasteiger partial charge in [0.15, 0.2) is 0 Å². The predicted molar refractivity (Wildman–Crippen MR) is 133 cm³/mol. The predicted octanol–water partition coefficient (Wildman–Crippen LogP) is 2.76. The molecule has 4 N–H and O–H groups in total. The van der Waals surface area contributed by atoms with Crippen LogP contribution >= 0.6 is 0 Å². The average Bonchev–Trinajstić information content (AvgIpc) is 3.25. The number of sulfonamides is 1. The van der Waals surface area contributed by atoms with E-state index in [1.54, 1.807) is 24.5 Å². The Bertz CT molecular complexity index is 1520. The van der Waals surface area contributed by atoms with Gasteiger partial charge in [0.2, 0.25) is 0 Å². The number of halogens is 3. The number of carbonyl (C=O) groups is 3. The van der Waals surface area contributed by atoms with E-state index in [-0.39, 0.29) is 23.7 Å². The largest absolute Gasteiger partial charge is 0.490 e. The number of aromatic nitrogens is 3. The topological polar surface area (TPSA) is 181 Å². The molecule has 3 aromatic rings. The molecule has 2 aromatic heterocycles. The van der Waals surface area contributed by atoms with Crippen molar-refractivity contribution in [3.63, 3.8) is 0 Å². The molecule has 0 fully saturated rings. The van der Waals surface area contributed by atoms with Crippen LogP contribution in [0.25, 0.3) is 11.3 Å². The number of hydrogen-bond acceptors (Lipinski definition) is 7. The van der Waals surface area contributed by atoms with Gasteiger partial charge in [-0.3, -0.25) is 9.67 Å². The second-order valence-corrected chi connectivity index (χ2v) is 10.3. The highest BCUT2D eigenvalue weighted by molar-refractivity contribution is 7.90. The number of amides is 2. The molecule has 0 atom stereocenters. The zero-order chi connectivity index (χ0) is 29.7. The summed E-state index contributed by atoms with van der Waals surface area (Å²) in [5.41, 5.74) is 4.28. The third kappa shape index (κ3) is 7.34. The molecule has 2 heterocycles. The van der Waals surface area contributed by atoms with Gasteiger partial charge in [0.05, 0.1) is 10.6 Å². The summed E-state index contributed by atoms with van der Waals surface area (Å²) >= 11 is 0. The van der Waals surface area contributed by atoms with Gasteiger partial charge in [0.25, 0.3) is 10.0 Å². The standard InChI is InChI=1S/C22H23N5O5S.C2HF3O2/c1-14-3-6-16(7-4-14)33(31,32)26-22(30)24-10-2-12-27-20(21(28)29)18-8-5-15-13-23-11-9-17(15)19(18)25-27;3-2(4,5)1(6)7/h3-4,6-7,9,11,13H,2,5,8,10,12H2,1H3,(H,28,29)(H2,24,26,30);(H,6,7). The zero-order valence-electron chi connectivity index (χ0n) is 20.9. The van der Waals surface area contributed by atoms with E-state index in [1.165, 1.54) is 16.8 Å². The van der Waals surface area contributed by atoms with Crippen LogP contribution in [-0.2, 0) is 34.2 Å². The fourth-order valence-corrected chi connectivity index (χ4v) is 4.76. The first kappa shape index (κ1) is 30.1. The molecule has 0 saturated heterocycles. The first-order chi connectivity index (χ1) is 18.7. The number of aliphatic carboxylic acids is 1. The highest BCUT2D eigenvalue weighted by atomic mass is 32.2. The molecular weight excluding hydrogens is 559 g/mol. The normalized spacial score (nSPS) is 12.3. The smallest absolute Gasteiger partial charge is 0.477 e. The van der Waals surface area contributed by atoms with E-state index in [2.05, 4.69) is 15.4 Å². The zero-order valence-corrected chi connectivity index (χ0v) is 21.7. The second kappa shape index (κ2) is 12.1. The van der Waals surface area contributed by atoms with Gasteiger partial charge >= 0.3 is 24.1 Å². The summed E-state index contributed by atoms with van der Waals surface area (Å²) in [6, 6.07) is 7.11. The van der Waals surface area contributed by atoms with Gasteiger partial charge in [-0.25, -0.2) is 27.5 Å². The number of nitrogens with zero attached hydrogens (tertiary/aromatic N) is 3. The quantitative estimate of drug-likeness (QED) is 0.304. The maximum absolute atomic E-state index is 12.3. The van der Waals surface area contributed by atoms with Crippen molar-refractivity contribution in [3.05, 3.63) is 65.1 Å². The summed E-state index contributed by atoms with van der Waals surface area (Å²) in [4.78, 5) is 37.0. The minimum atomic E-state index is -5.08. The molecule has 0 saturated carbocycles. The Hall–Kier alpha value is -4.47. The highest BCUT2D eigenvalue weighted by Gasteiger charge is 2.38. The number of nitrogens with one attached hydrogen (secondary N) is 2. The fraction of sp³-hybridized carbons (Fsp3) is 0.292. The first-order valence-electron chi connectivity index (χ1n) is 11.6. The fourth-order valence-electron chi connectivity index (χ4n) is 3.84. The molecule has 0 unspecified atom stereocenters. The van der Waals surface area contributed by atoms with Crippen LogP contribution in [0.2, 0.25) is 0 Å². The number of fused-ring (bicyclic) bond motifs is 3. The summed E-state index contributed by atoms with van der Waals surface area (Å²) in [5, 5.41) is 23.9. The van der Waals surface area contributed by atoms with Gasteiger partial charge in [-0.1, -0.05) is 17.7 Å². The van der Waals surface area contributed by atoms with Crippen LogP contribution < -0.4 is 10.0 Å². The Morgan fingerprint density at radius 1 is 1.07 bits per heavy atom. The van der Waals surface area contributed by atoms with Crippen molar-refractivity contribution >= 4 is 28.0 Å². The molecule has 0 bridgehead atoms. The van der Waals surface area contributed by atoms with E-state index in [1.807, 2.05) is 17.7 Å². The molecular formula is C24H24F3N5O7S. The molecule has 214 valence electrons. The van der Waals surface area contributed by atoms with Crippen LogP contribution in [0.4, 0.5) is 18.0 Å². The Kier molecular flexibility index (Phi) is 9.13. The van der Waals surface area contributed by atoms with E-state index in [9.17, 15) is 36.3 Å². The number of pyridine rings is 1. The lowest BCUT2D eigenvalue weighted by molar-refractivity contribution is -0.192. The summed E-state index contributed by atoms with van der Waals surface area (Å²) in [6.45, 7) is 2.22. The minimum Gasteiger partial charge on any atom is -0.477 e. The molecule has 0 spiro atoms. The molecule has 1 aliphatic rings. The summed E-state index contributed by atoms with van der Waals surface area (Å²) < 4.78 is 59.7. The molecule has 40 heavy (non-hydrogen) atoms. The van der Waals surface area contributed by atoms with Crippen LogP contribution in [0.1, 0.15) is 33.6 Å². The van der Waals surface area contributed by atoms with Crippen molar-refractivity contribution in [2.45, 2.75) is 43.8 Å². The Morgan fingerprint density at radius 2 is 1.73 bits per heavy atom. The lowest BCUT2D eigenvalue weighted by Crippen LogP contribution is -2.40. The van der Waals surface area contributed by atoms with Crippen LogP contribution in [-0.4, -0.2) is 64.1 Å². The number of aryl methyl sites for hydroxylation is 3. The van der Waals surface area contributed by atoms with Crippen molar-refractivity contribution in [1.29, 1.82) is 0 Å². The monoisotopic (exact) mass is 583 g/mol. The van der Waals surface area contributed by atoms with Crippen molar-refractivity contribution in [3.8, 4) is 11.3 Å². The molecule has 0 aliphatic heterocycles. The number of carbonyl (C=O) groups excluding carboxylic acids is 1. The Morgan fingerprint density at radius 3 is 2.33 bits per heavy atom. The number of alkyl halides is 3. The number of urea groups is 1. The van der Waals surface area contributed by atoms with Gasteiger partial charge in [0.1, 0.15) is 5.69 Å². The number of benzene rings is 1. The van der Waals surface area contributed by atoms with Crippen LogP contribution in [0.3, 0.4) is 0 Å². The summed E-state index contributed by atoms with van der Waals surface area (Å²) in [6.07, 6.45) is -0.0416. The number of carboxylic acids is 2.